The second-order valence-electron chi connectivity index (χ2n) is 4.27. The SMILES string of the molecule is CCCn1ncc(NCc2ccc(C)o2)c(Br)c1=O. The minimum absolute atomic E-state index is 0.123. The fourth-order valence-electron chi connectivity index (χ4n) is 1.72. The second-order valence-corrected chi connectivity index (χ2v) is 5.06. The van der Waals surface area contributed by atoms with E-state index in [1.807, 2.05) is 26.0 Å². The lowest BCUT2D eigenvalue weighted by atomic mass is 10.4. The number of nitrogens with one attached hydrogen (secondary N) is 1. The molecule has 2 rings (SSSR count). The van der Waals surface area contributed by atoms with Gasteiger partial charge in [0.25, 0.3) is 5.56 Å². The highest BCUT2D eigenvalue weighted by atomic mass is 79.9. The summed E-state index contributed by atoms with van der Waals surface area (Å²) in [6.45, 7) is 5.04. The van der Waals surface area contributed by atoms with Crippen LogP contribution in [0.2, 0.25) is 0 Å². The summed E-state index contributed by atoms with van der Waals surface area (Å²) in [5.74, 6) is 1.69. The number of hydrogen-bond donors (Lipinski definition) is 1. The Hall–Kier alpha value is -1.56. The molecule has 0 saturated carbocycles. The molecule has 0 radical (unpaired) electrons. The predicted octanol–water partition coefficient (Wildman–Crippen LogP) is 2.93. The lowest BCUT2D eigenvalue weighted by Gasteiger charge is -2.08. The van der Waals surface area contributed by atoms with E-state index >= 15 is 0 Å². The van der Waals surface area contributed by atoms with Crippen LogP contribution in [0.15, 0.2) is 32.0 Å². The molecule has 2 aromatic rings. The molecule has 0 aliphatic rings. The summed E-state index contributed by atoms with van der Waals surface area (Å²) in [5.41, 5.74) is 0.550. The minimum Gasteiger partial charge on any atom is -0.465 e. The second kappa shape index (κ2) is 6.06. The Morgan fingerprint density at radius 1 is 1.47 bits per heavy atom. The van der Waals surface area contributed by atoms with Crippen molar-refractivity contribution in [1.82, 2.24) is 9.78 Å². The van der Waals surface area contributed by atoms with Gasteiger partial charge in [-0.3, -0.25) is 4.79 Å². The van der Waals surface area contributed by atoms with Gasteiger partial charge in [-0.05, 0) is 41.4 Å². The highest BCUT2D eigenvalue weighted by molar-refractivity contribution is 9.10. The van der Waals surface area contributed by atoms with Gasteiger partial charge in [0.15, 0.2) is 0 Å². The fourth-order valence-corrected chi connectivity index (χ4v) is 2.17. The van der Waals surface area contributed by atoms with E-state index in [9.17, 15) is 4.79 Å². The average Bonchev–Trinajstić information content (AvgIpc) is 2.80. The average molecular weight is 326 g/mol. The first-order valence-corrected chi connectivity index (χ1v) is 6.96. The standard InChI is InChI=1S/C13H16BrN3O2/c1-3-6-17-13(18)12(14)11(8-16-17)15-7-10-5-4-9(2)19-10/h4-5,8,15H,3,6-7H2,1-2H3. The quantitative estimate of drug-likeness (QED) is 0.918. The summed E-state index contributed by atoms with van der Waals surface area (Å²) in [6, 6.07) is 3.81. The summed E-state index contributed by atoms with van der Waals surface area (Å²) >= 11 is 3.31. The lowest BCUT2D eigenvalue weighted by Crippen LogP contribution is -2.24. The summed E-state index contributed by atoms with van der Waals surface area (Å²) in [7, 11) is 0. The van der Waals surface area contributed by atoms with Crippen molar-refractivity contribution in [2.45, 2.75) is 33.4 Å². The van der Waals surface area contributed by atoms with Gasteiger partial charge in [-0.25, -0.2) is 4.68 Å². The van der Waals surface area contributed by atoms with Crippen LogP contribution in [-0.2, 0) is 13.1 Å². The van der Waals surface area contributed by atoms with E-state index in [1.165, 1.54) is 4.68 Å². The number of hydrogen-bond acceptors (Lipinski definition) is 4. The normalized spacial score (nSPS) is 10.7. The number of anilines is 1. The van der Waals surface area contributed by atoms with Crippen molar-refractivity contribution < 1.29 is 4.42 Å². The zero-order valence-electron chi connectivity index (χ0n) is 10.9. The van der Waals surface area contributed by atoms with E-state index in [2.05, 4.69) is 26.3 Å². The van der Waals surface area contributed by atoms with Crippen molar-refractivity contribution in [1.29, 1.82) is 0 Å². The van der Waals surface area contributed by atoms with Crippen molar-refractivity contribution >= 4 is 21.6 Å². The molecule has 102 valence electrons. The lowest BCUT2D eigenvalue weighted by molar-refractivity contribution is 0.490. The van der Waals surface area contributed by atoms with Gasteiger partial charge in [0.05, 0.1) is 18.4 Å². The van der Waals surface area contributed by atoms with Crippen molar-refractivity contribution in [2.75, 3.05) is 5.32 Å². The number of furan rings is 1. The van der Waals surface area contributed by atoms with E-state index in [1.54, 1.807) is 6.20 Å². The summed E-state index contributed by atoms with van der Waals surface area (Å²) in [5, 5.41) is 7.26. The van der Waals surface area contributed by atoms with Crippen molar-refractivity contribution in [3.05, 3.63) is 44.7 Å². The third-order valence-electron chi connectivity index (χ3n) is 2.67. The van der Waals surface area contributed by atoms with E-state index in [-0.39, 0.29) is 5.56 Å². The maximum absolute atomic E-state index is 12.0. The van der Waals surface area contributed by atoms with Gasteiger partial charge < -0.3 is 9.73 Å². The highest BCUT2D eigenvalue weighted by Crippen LogP contribution is 2.17. The summed E-state index contributed by atoms with van der Waals surface area (Å²) in [4.78, 5) is 12.0. The maximum Gasteiger partial charge on any atom is 0.283 e. The van der Waals surface area contributed by atoms with E-state index in [0.29, 0.717) is 23.2 Å². The van der Waals surface area contributed by atoms with Crippen molar-refractivity contribution in [2.24, 2.45) is 0 Å². The van der Waals surface area contributed by atoms with Gasteiger partial charge in [-0.2, -0.15) is 5.10 Å². The van der Waals surface area contributed by atoms with E-state index in [0.717, 1.165) is 17.9 Å². The van der Waals surface area contributed by atoms with Crippen LogP contribution >= 0.6 is 15.9 Å². The van der Waals surface area contributed by atoms with E-state index < -0.39 is 0 Å². The molecule has 0 unspecified atom stereocenters. The third kappa shape index (κ3) is 3.26. The van der Waals surface area contributed by atoms with Gasteiger partial charge in [0.1, 0.15) is 16.0 Å². The molecular weight excluding hydrogens is 310 g/mol. The van der Waals surface area contributed by atoms with Crippen molar-refractivity contribution in [3.8, 4) is 0 Å². The summed E-state index contributed by atoms with van der Waals surface area (Å²) < 4.78 is 7.41. The topological polar surface area (TPSA) is 60.1 Å². The first kappa shape index (κ1) is 13.9. The number of aryl methyl sites for hydroxylation is 2. The zero-order valence-corrected chi connectivity index (χ0v) is 12.5. The number of aromatic nitrogens is 2. The van der Waals surface area contributed by atoms with E-state index in [4.69, 9.17) is 4.42 Å². The molecule has 5 nitrogen and oxygen atoms in total. The molecular formula is C13H16BrN3O2. The molecule has 0 aliphatic carbocycles. The van der Waals surface area contributed by atoms with Gasteiger partial charge >= 0.3 is 0 Å². The molecule has 0 atom stereocenters. The summed E-state index contributed by atoms with van der Waals surface area (Å²) in [6.07, 6.45) is 2.52. The number of rotatable bonds is 5. The van der Waals surface area contributed by atoms with Crippen LogP contribution in [-0.4, -0.2) is 9.78 Å². The molecule has 1 N–H and O–H groups in total. The minimum atomic E-state index is -0.123. The van der Waals surface area contributed by atoms with Gasteiger partial charge in [0, 0.05) is 6.54 Å². The third-order valence-corrected chi connectivity index (χ3v) is 3.44. The van der Waals surface area contributed by atoms with Crippen LogP contribution in [0.5, 0.6) is 0 Å². The Labute approximate surface area is 119 Å². The van der Waals surface area contributed by atoms with Crippen LogP contribution in [0, 0.1) is 6.92 Å². The molecule has 0 aromatic carbocycles. The Kier molecular flexibility index (Phi) is 4.42. The maximum atomic E-state index is 12.0. The molecule has 2 heterocycles. The molecule has 6 heteroatoms. The largest absolute Gasteiger partial charge is 0.465 e. The van der Waals surface area contributed by atoms with Crippen LogP contribution < -0.4 is 10.9 Å². The molecule has 0 saturated heterocycles. The first-order valence-electron chi connectivity index (χ1n) is 6.16. The van der Waals surface area contributed by atoms with Crippen LogP contribution in [0.25, 0.3) is 0 Å². The Morgan fingerprint density at radius 3 is 2.89 bits per heavy atom. The Balaban J connectivity index is 2.13. The molecule has 2 aromatic heterocycles. The molecule has 0 bridgehead atoms. The first-order chi connectivity index (χ1) is 9.11. The molecule has 19 heavy (non-hydrogen) atoms. The van der Waals surface area contributed by atoms with Gasteiger partial charge in [0.2, 0.25) is 0 Å². The molecule has 0 fully saturated rings. The van der Waals surface area contributed by atoms with Crippen LogP contribution in [0.4, 0.5) is 5.69 Å². The highest BCUT2D eigenvalue weighted by Gasteiger charge is 2.08. The fraction of sp³-hybridized carbons (Fsp3) is 0.385. The molecule has 0 spiro atoms. The molecule has 0 aliphatic heterocycles. The Morgan fingerprint density at radius 2 is 2.26 bits per heavy atom. The van der Waals surface area contributed by atoms with Crippen LogP contribution in [0.3, 0.4) is 0 Å². The number of halogens is 1. The van der Waals surface area contributed by atoms with Crippen molar-refractivity contribution in [3.63, 3.8) is 0 Å². The van der Waals surface area contributed by atoms with Gasteiger partial charge in [-0.1, -0.05) is 6.92 Å². The zero-order chi connectivity index (χ0) is 13.8. The monoisotopic (exact) mass is 325 g/mol. The van der Waals surface area contributed by atoms with Crippen LogP contribution in [0.1, 0.15) is 24.9 Å². The Bertz CT molecular complexity index is 619. The molecule has 0 amide bonds. The predicted molar refractivity (Wildman–Crippen MR) is 77.3 cm³/mol. The van der Waals surface area contributed by atoms with Gasteiger partial charge in [-0.15, -0.1) is 0 Å². The smallest absolute Gasteiger partial charge is 0.283 e. The number of nitrogens with zero attached hydrogens (tertiary/aromatic N) is 2.